The molecule has 16 heavy (non-hydrogen) atoms. The Bertz CT molecular complexity index is 349. The molecule has 0 fully saturated rings. The van der Waals surface area contributed by atoms with Crippen LogP contribution in [0.4, 0.5) is 8.78 Å². The highest BCUT2D eigenvalue weighted by molar-refractivity contribution is 5.66. The van der Waals surface area contributed by atoms with E-state index in [1.54, 1.807) is 0 Å². The number of carbonyl (C=O) groups is 1. The maximum atomic E-state index is 13.1. The summed E-state index contributed by atoms with van der Waals surface area (Å²) in [7, 11) is 0. The van der Waals surface area contributed by atoms with Crippen LogP contribution in [0.1, 0.15) is 18.4 Å². The van der Waals surface area contributed by atoms with E-state index in [2.05, 4.69) is 5.32 Å². The van der Waals surface area contributed by atoms with Gasteiger partial charge in [-0.2, -0.15) is 0 Å². The molecule has 0 amide bonds. The summed E-state index contributed by atoms with van der Waals surface area (Å²) in [6.45, 7) is 0.484. The first kappa shape index (κ1) is 12.6. The molecule has 0 aromatic heterocycles. The first-order valence-electron chi connectivity index (χ1n) is 4.96. The van der Waals surface area contributed by atoms with Crippen LogP contribution in [0.25, 0.3) is 0 Å². The molecule has 0 saturated carbocycles. The molecule has 0 saturated heterocycles. The number of hydrogen-bond donors (Lipinski definition) is 2. The molecule has 2 N–H and O–H groups in total. The second kappa shape index (κ2) is 6.17. The Morgan fingerprint density at radius 3 is 2.50 bits per heavy atom. The molecule has 0 aliphatic heterocycles. The van der Waals surface area contributed by atoms with Crippen molar-refractivity contribution >= 4 is 5.97 Å². The highest BCUT2D eigenvalue weighted by Crippen LogP contribution is 2.11. The van der Waals surface area contributed by atoms with Crippen LogP contribution in [-0.2, 0) is 11.3 Å². The normalized spacial score (nSPS) is 10.4. The number of aliphatic carboxylic acids is 1. The Balaban J connectivity index is 2.34. The minimum atomic E-state index is -0.876. The molecule has 1 aromatic rings. The van der Waals surface area contributed by atoms with Gasteiger partial charge in [-0.3, -0.25) is 4.79 Å². The summed E-state index contributed by atoms with van der Waals surface area (Å²) in [6, 6.07) is 3.69. The largest absolute Gasteiger partial charge is 0.481 e. The first-order chi connectivity index (χ1) is 7.61. The summed E-state index contributed by atoms with van der Waals surface area (Å²) in [5.41, 5.74) is -0.0159. The number of benzene rings is 1. The fraction of sp³-hybridized carbons (Fsp3) is 0.364. The Labute approximate surface area is 92.1 Å². The summed E-state index contributed by atoms with van der Waals surface area (Å²) >= 11 is 0. The third-order valence-corrected chi connectivity index (χ3v) is 2.11. The van der Waals surface area contributed by atoms with Gasteiger partial charge >= 0.3 is 5.97 Å². The summed E-state index contributed by atoms with van der Waals surface area (Å²) in [5, 5.41) is 11.2. The quantitative estimate of drug-likeness (QED) is 0.733. The van der Waals surface area contributed by atoms with Crippen molar-refractivity contribution in [2.24, 2.45) is 0 Å². The number of hydrogen-bond acceptors (Lipinski definition) is 2. The fourth-order valence-electron chi connectivity index (χ4n) is 1.28. The Hall–Kier alpha value is -1.49. The number of carboxylic acids is 1. The average Bonchev–Trinajstić information content (AvgIpc) is 2.21. The van der Waals surface area contributed by atoms with Gasteiger partial charge in [0.1, 0.15) is 11.6 Å². The van der Waals surface area contributed by atoms with Crippen LogP contribution >= 0.6 is 0 Å². The zero-order valence-electron chi connectivity index (χ0n) is 8.67. The third kappa shape index (κ3) is 3.94. The van der Waals surface area contributed by atoms with E-state index in [1.165, 1.54) is 18.2 Å². The van der Waals surface area contributed by atoms with Gasteiger partial charge in [0.2, 0.25) is 0 Å². The monoisotopic (exact) mass is 229 g/mol. The molecule has 0 bridgehead atoms. The predicted octanol–water partition coefficient (Wildman–Crippen LogP) is 1.92. The molecular weight excluding hydrogens is 216 g/mol. The molecule has 5 heteroatoms. The SMILES string of the molecule is O=C(O)CCCNCc1c(F)cccc1F. The van der Waals surface area contributed by atoms with Gasteiger partial charge in [-0.25, -0.2) is 8.78 Å². The van der Waals surface area contributed by atoms with Crippen molar-refractivity contribution in [2.75, 3.05) is 6.54 Å². The molecule has 3 nitrogen and oxygen atoms in total. The van der Waals surface area contributed by atoms with E-state index < -0.39 is 17.6 Å². The lowest BCUT2D eigenvalue weighted by atomic mass is 10.2. The maximum absolute atomic E-state index is 13.1. The molecule has 1 aromatic carbocycles. The topological polar surface area (TPSA) is 49.3 Å². The Kier molecular flexibility index (Phi) is 4.85. The molecule has 0 radical (unpaired) electrons. The van der Waals surface area contributed by atoms with Gasteiger partial charge in [-0.1, -0.05) is 6.07 Å². The van der Waals surface area contributed by atoms with E-state index >= 15 is 0 Å². The van der Waals surface area contributed by atoms with Gasteiger partial charge in [0.25, 0.3) is 0 Å². The minimum absolute atomic E-state index is 0.0159. The molecular formula is C11H13F2NO2. The lowest BCUT2D eigenvalue weighted by Gasteiger charge is -2.06. The van der Waals surface area contributed by atoms with Gasteiger partial charge in [0, 0.05) is 18.5 Å². The van der Waals surface area contributed by atoms with E-state index in [9.17, 15) is 13.6 Å². The van der Waals surface area contributed by atoms with Gasteiger partial charge in [-0.05, 0) is 25.1 Å². The zero-order chi connectivity index (χ0) is 12.0. The van der Waals surface area contributed by atoms with E-state index in [4.69, 9.17) is 5.11 Å². The van der Waals surface area contributed by atoms with Crippen molar-refractivity contribution in [3.05, 3.63) is 35.4 Å². The van der Waals surface area contributed by atoms with Gasteiger partial charge in [-0.15, -0.1) is 0 Å². The molecule has 88 valence electrons. The standard InChI is InChI=1S/C11H13F2NO2/c12-9-3-1-4-10(13)8(9)7-14-6-2-5-11(15)16/h1,3-4,14H,2,5-7H2,(H,15,16). The molecule has 0 atom stereocenters. The van der Waals surface area contributed by atoms with Crippen LogP contribution in [0.15, 0.2) is 18.2 Å². The minimum Gasteiger partial charge on any atom is -0.481 e. The number of rotatable bonds is 6. The van der Waals surface area contributed by atoms with Gasteiger partial charge < -0.3 is 10.4 Å². The number of carboxylic acid groups (broad SMARTS) is 1. The summed E-state index contributed by atoms with van der Waals surface area (Å²) in [5.74, 6) is -2.06. The van der Waals surface area contributed by atoms with Crippen molar-refractivity contribution in [3.63, 3.8) is 0 Å². The van der Waals surface area contributed by atoms with E-state index in [1.807, 2.05) is 0 Å². The van der Waals surface area contributed by atoms with Crippen LogP contribution in [0.3, 0.4) is 0 Å². The molecule has 0 unspecified atom stereocenters. The highest BCUT2D eigenvalue weighted by atomic mass is 19.1. The summed E-state index contributed by atoms with van der Waals surface area (Å²) in [6.07, 6.45) is 0.484. The van der Waals surface area contributed by atoms with Crippen molar-refractivity contribution in [2.45, 2.75) is 19.4 Å². The summed E-state index contributed by atoms with van der Waals surface area (Å²) < 4.78 is 26.2. The zero-order valence-corrected chi connectivity index (χ0v) is 8.67. The van der Waals surface area contributed by atoms with E-state index in [0.29, 0.717) is 13.0 Å². The molecule has 0 spiro atoms. The number of nitrogens with one attached hydrogen (secondary N) is 1. The predicted molar refractivity (Wildman–Crippen MR) is 54.9 cm³/mol. The van der Waals surface area contributed by atoms with Crippen molar-refractivity contribution < 1.29 is 18.7 Å². The van der Waals surface area contributed by atoms with E-state index in [-0.39, 0.29) is 18.5 Å². The molecule has 1 rings (SSSR count). The summed E-state index contributed by atoms with van der Waals surface area (Å²) in [4.78, 5) is 10.2. The third-order valence-electron chi connectivity index (χ3n) is 2.11. The highest BCUT2D eigenvalue weighted by Gasteiger charge is 2.07. The van der Waals surface area contributed by atoms with Crippen molar-refractivity contribution in [3.8, 4) is 0 Å². The second-order valence-corrected chi connectivity index (χ2v) is 3.37. The second-order valence-electron chi connectivity index (χ2n) is 3.37. The Morgan fingerprint density at radius 1 is 1.31 bits per heavy atom. The lowest BCUT2D eigenvalue weighted by molar-refractivity contribution is -0.137. The van der Waals surface area contributed by atoms with E-state index in [0.717, 1.165) is 0 Å². The number of halogens is 2. The lowest BCUT2D eigenvalue weighted by Crippen LogP contribution is -2.17. The van der Waals surface area contributed by atoms with Gasteiger partial charge in [0.15, 0.2) is 0 Å². The smallest absolute Gasteiger partial charge is 0.303 e. The van der Waals surface area contributed by atoms with Crippen molar-refractivity contribution in [1.82, 2.24) is 5.32 Å². The van der Waals surface area contributed by atoms with Gasteiger partial charge in [0.05, 0.1) is 0 Å². The fourth-order valence-corrected chi connectivity index (χ4v) is 1.28. The first-order valence-corrected chi connectivity index (χ1v) is 4.96. The molecule has 0 aliphatic carbocycles. The van der Waals surface area contributed by atoms with Crippen molar-refractivity contribution in [1.29, 1.82) is 0 Å². The average molecular weight is 229 g/mol. The van der Waals surface area contributed by atoms with Crippen LogP contribution < -0.4 is 5.32 Å². The molecule has 0 aliphatic rings. The van der Waals surface area contributed by atoms with Crippen LogP contribution in [0.2, 0.25) is 0 Å². The van der Waals surface area contributed by atoms with Crippen LogP contribution in [0.5, 0.6) is 0 Å². The van der Waals surface area contributed by atoms with Crippen LogP contribution in [0, 0.1) is 11.6 Å². The molecule has 0 heterocycles. The Morgan fingerprint density at radius 2 is 1.94 bits per heavy atom. The maximum Gasteiger partial charge on any atom is 0.303 e. The van der Waals surface area contributed by atoms with Crippen LogP contribution in [-0.4, -0.2) is 17.6 Å².